The standard InChI is InChI=1S/C15H13Br2N5O/c1-21-9-13(17)14(20-21)15(23)19-12-4-2-3-10(5-12)7-22-8-11(16)6-18-22/h2-6,8-9H,7H2,1H3,(H,19,23). The summed E-state index contributed by atoms with van der Waals surface area (Å²) >= 11 is 6.71. The summed E-state index contributed by atoms with van der Waals surface area (Å²) in [6, 6.07) is 7.65. The number of nitrogens with zero attached hydrogens (tertiary/aromatic N) is 4. The molecule has 1 N–H and O–H groups in total. The van der Waals surface area contributed by atoms with Crippen molar-refractivity contribution in [3.05, 3.63) is 63.1 Å². The van der Waals surface area contributed by atoms with Crippen molar-refractivity contribution in [2.45, 2.75) is 6.54 Å². The minimum absolute atomic E-state index is 0.253. The molecule has 0 aliphatic carbocycles. The van der Waals surface area contributed by atoms with Gasteiger partial charge in [-0.2, -0.15) is 10.2 Å². The van der Waals surface area contributed by atoms with Gasteiger partial charge in [0.05, 0.1) is 21.7 Å². The number of halogens is 2. The fourth-order valence-corrected chi connectivity index (χ4v) is 3.05. The summed E-state index contributed by atoms with van der Waals surface area (Å²) in [6.45, 7) is 0.628. The Morgan fingerprint density at radius 2 is 2.13 bits per heavy atom. The smallest absolute Gasteiger partial charge is 0.277 e. The number of rotatable bonds is 4. The average molecular weight is 439 g/mol. The van der Waals surface area contributed by atoms with Crippen LogP contribution in [-0.4, -0.2) is 25.5 Å². The number of anilines is 1. The maximum absolute atomic E-state index is 12.3. The summed E-state index contributed by atoms with van der Waals surface area (Å²) in [7, 11) is 1.77. The van der Waals surface area contributed by atoms with Crippen LogP contribution in [-0.2, 0) is 13.6 Å². The zero-order valence-electron chi connectivity index (χ0n) is 12.2. The van der Waals surface area contributed by atoms with Crippen LogP contribution >= 0.6 is 31.9 Å². The Labute approximate surface area is 149 Å². The van der Waals surface area contributed by atoms with E-state index in [9.17, 15) is 4.79 Å². The number of aryl methyl sites for hydroxylation is 1. The van der Waals surface area contributed by atoms with Gasteiger partial charge in [-0.3, -0.25) is 14.2 Å². The second-order valence-corrected chi connectivity index (χ2v) is 6.78. The van der Waals surface area contributed by atoms with Crippen molar-refractivity contribution in [3.63, 3.8) is 0 Å². The normalized spacial score (nSPS) is 10.7. The molecule has 0 aliphatic rings. The van der Waals surface area contributed by atoms with E-state index in [4.69, 9.17) is 0 Å². The molecule has 6 nitrogen and oxygen atoms in total. The summed E-state index contributed by atoms with van der Waals surface area (Å²) in [5.74, 6) is -0.253. The van der Waals surface area contributed by atoms with Crippen LogP contribution in [0.5, 0.6) is 0 Å². The van der Waals surface area contributed by atoms with Crippen LogP contribution in [0.25, 0.3) is 0 Å². The Morgan fingerprint density at radius 1 is 1.30 bits per heavy atom. The number of hydrogen-bond acceptors (Lipinski definition) is 3. The summed E-state index contributed by atoms with van der Waals surface area (Å²) in [6.07, 6.45) is 5.38. The van der Waals surface area contributed by atoms with Crippen LogP contribution in [0.4, 0.5) is 5.69 Å². The summed E-state index contributed by atoms with van der Waals surface area (Å²) < 4.78 is 5.00. The lowest BCUT2D eigenvalue weighted by molar-refractivity contribution is 0.102. The molecule has 3 aromatic rings. The highest BCUT2D eigenvalue weighted by Crippen LogP contribution is 2.18. The largest absolute Gasteiger partial charge is 0.321 e. The first-order valence-electron chi connectivity index (χ1n) is 6.78. The molecule has 0 bridgehead atoms. The molecule has 118 valence electrons. The van der Waals surface area contributed by atoms with Gasteiger partial charge in [-0.05, 0) is 49.6 Å². The van der Waals surface area contributed by atoms with Gasteiger partial charge in [0.2, 0.25) is 0 Å². The van der Waals surface area contributed by atoms with Crippen molar-refractivity contribution in [2.24, 2.45) is 7.05 Å². The summed E-state index contributed by atoms with van der Waals surface area (Å²) in [4.78, 5) is 12.3. The van der Waals surface area contributed by atoms with Gasteiger partial charge in [0.1, 0.15) is 0 Å². The monoisotopic (exact) mass is 437 g/mol. The number of aromatic nitrogens is 4. The van der Waals surface area contributed by atoms with E-state index in [0.29, 0.717) is 16.7 Å². The molecule has 0 radical (unpaired) electrons. The maximum Gasteiger partial charge on any atom is 0.277 e. The fourth-order valence-electron chi connectivity index (χ4n) is 2.16. The van der Waals surface area contributed by atoms with Crippen LogP contribution in [0.15, 0.2) is 51.8 Å². The van der Waals surface area contributed by atoms with Crippen molar-refractivity contribution >= 4 is 43.5 Å². The van der Waals surface area contributed by atoms with Crippen molar-refractivity contribution in [3.8, 4) is 0 Å². The molecular weight excluding hydrogens is 426 g/mol. The molecule has 8 heteroatoms. The molecule has 0 spiro atoms. The van der Waals surface area contributed by atoms with E-state index in [1.807, 2.05) is 35.1 Å². The van der Waals surface area contributed by atoms with Crippen molar-refractivity contribution < 1.29 is 4.79 Å². The first-order valence-corrected chi connectivity index (χ1v) is 8.37. The first kappa shape index (κ1) is 15.9. The van der Waals surface area contributed by atoms with Gasteiger partial charge in [0.15, 0.2) is 5.69 Å². The van der Waals surface area contributed by atoms with E-state index in [0.717, 1.165) is 15.7 Å². The highest BCUT2D eigenvalue weighted by atomic mass is 79.9. The van der Waals surface area contributed by atoms with Crippen LogP contribution in [0.3, 0.4) is 0 Å². The Balaban J connectivity index is 1.74. The first-order chi connectivity index (χ1) is 11.0. The molecule has 3 rings (SSSR count). The number of carbonyl (C=O) groups is 1. The lowest BCUT2D eigenvalue weighted by Gasteiger charge is -2.07. The minimum atomic E-state index is -0.253. The second-order valence-electron chi connectivity index (χ2n) is 5.01. The number of carbonyl (C=O) groups excluding carboxylic acids is 1. The topological polar surface area (TPSA) is 64.7 Å². The molecular formula is C15H13Br2N5O. The van der Waals surface area contributed by atoms with E-state index in [-0.39, 0.29) is 5.91 Å². The minimum Gasteiger partial charge on any atom is -0.321 e. The van der Waals surface area contributed by atoms with Crippen molar-refractivity contribution in [2.75, 3.05) is 5.32 Å². The Bertz CT molecular complexity index is 855. The van der Waals surface area contributed by atoms with Crippen molar-refractivity contribution in [1.82, 2.24) is 19.6 Å². The predicted molar refractivity (Wildman–Crippen MR) is 94.3 cm³/mol. The third kappa shape index (κ3) is 3.89. The third-order valence-electron chi connectivity index (χ3n) is 3.13. The summed E-state index contributed by atoms with van der Waals surface area (Å²) in [5.41, 5.74) is 2.11. The highest BCUT2D eigenvalue weighted by Gasteiger charge is 2.14. The van der Waals surface area contributed by atoms with Gasteiger partial charge in [0, 0.05) is 25.1 Å². The molecule has 23 heavy (non-hydrogen) atoms. The van der Waals surface area contributed by atoms with Gasteiger partial charge in [-0.25, -0.2) is 0 Å². The molecule has 0 atom stereocenters. The fraction of sp³-hybridized carbons (Fsp3) is 0.133. The molecule has 2 aromatic heterocycles. The van der Waals surface area contributed by atoms with E-state index in [1.165, 1.54) is 0 Å². The highest BCUT2D eigenvalue weighted by molar-refractivity contribution is 9.10. The van der Waals surface area contributed by atoms with Gasteiger partial charge in [-0.1, -0.05) is 12.1 Å². The van der Waals surface area contributed by atoms with Gasteiger partial charge in [-0.15, -0.1) is 0 Å². The lowest BCUT2D eigenvalue weighted by Crippen LogP contribution is -2.14. The molecule has 1 aromatic carbocycles. The number of hydrogen-bond donors (Lipinski definition) is 1. The molecule has 2 heterocycles. The predicted octanol–water partition coefficient (Wildman–Crippen LogP) is 3.44. The van der Waals surface area contributed by atoms with Crippen LogP contribution in [0.2, 0.25) is 0 Å². The Morgan fingerprint density at radius 3 is 2.78 bits per heavy atom. The number of nitrogens with one attached hydrogen (secondary N) is 1. The Hall–Kier alpha value is -1.93. The zero-order valence-corrected chi connectivity index (χ0v) is 15.4. The molecule has 0 aliphatic heterocycles. The quantitative estimate of drug-likeness (QED) is 0.678. The van der Waals surface area contributed by atoms with Gasteiger partial charge in [0.25, 0.3) is 5.91 Å². The SMILES string of the molecule is Cn1cc(Br)c(C(=O)Nc2cccc(Cn3cc(Br)cn3)c2)n1. The third-order valence-corrected chi connectivity index (χ3v) is 4.12. The van der Waals surface area contributed by atoms with Gasteiger partial charge < -0.3 is 5.32 Å². The van der Waals surface area contributed by atoms with Gasteiger partial charge >= 0.3 is 0 Å². The zero-order chi connectivity index (χ0) is 16.4. The second kappa shape index (κ2) is 6.67. The van der Waals surface area contributed by atoms with Crippen LogP contribution in [0, 0.1) is 0 Å². The van der Waals surface area contributed by atoms with E-state index in [1.54, 1.807) is 24.1 Å². The van der Waals surface area contributed by atoms with E-state index in [2.05, 4.69) is 47.4 Å². The lowest BCUT2D eigenvalue weighted by atomic mass is 10.2. The molecule has 0 saturated heterocycles. The van der Waals surface area contributed by atoms with Crippen molar-refractivity contribution in [1.29, 1.82) is 0 Å². The molecule has 1 amide bonds. The molecule has 0 unspecified atom stereocenters. The van der Waals surface area contributed by atoms with Crippen LogP contribution in [0.1, 0.15) is 16.1 Å². The maximum atomic E-state index is 12.3. The molecule has 0 fully saturated rings. The van der Waals surface area contributed by atoms with E-state index < -0.39 is 0 Å². The van der Waals surface area contributed by atoms with Crippen LogP contribution < -0.4 is 5.32 Å². The number of amides is 1. The average Bonchev–Trinajstić information content (AvgIpc) is 3.04. The molecule has 0 saturated carbocycles. The summed E-state index contributed by atoms with van der Waals surface area (Å²) in [5, 5.41) is 11.2. The van der Waals surface area contributed by atoms with E-state index >= 15 is 0 Å². The Kier molecular flexibility index (Phi) is 4.63. The number of benzene rings is 1.